The van der Waals surface area contributed by atoms with Gasteiger partial charge >= 0.3 is 0 Å². The van der Waals surface area contributed by atoms with E-state index < -0.39 is 0 Å². The molecule has 9 heteroatoms. The molecule has 0 atom stereocenters. The Kier molecular flexibility index (Phi) is 4.79. The zero-order valence-corrected chi connectivity index (χ0v) is 19.1. The second-order valence-corrected chi connectivity index (χ2v) is 8.80. The molecule has 2 aliphatic rings. The van der Waals surface area contributed by atoms with Gasteiger partial charge in [-0.2, -0.15) is 0 Å². The van der Waals surface area contributed by atoms with Gasteiger partial charge in [-0.1, -0.05) is 23.7 Å². The van der Waals surface area contributed by atoms with Crippen LogP contribution in [-0.4, -0.2) is 51.2 Å². The van der Waals surface area contributed by atoms with Gasteiger partial charge in [0.05, 0.1) is 24.9 Å². The summed E-state index contributed by atoms with van der Waals surface area (Å²) in [5, 5.41) is 3.35. The van der Waals surface area contributed by atoms with Crippen molar-refractivity contribution in [1.29, 1.82) is 0 Å². The van der Waals surface area contributed by atoms with Crippen molar-refractivity contribution in [3.05, 3.63) is 65.5 Å². The molecule has 3 aromatic heterocycles. The zero-order valence-electron chi connectivity index (χ0n) is 19.1. The third kappa shape index (κ3) is 3.31. The quantitative estimate of drug-likeness (QED) is 0.471. The summed E-state index contributed by atoms with van der Waals surface area (Å²) >= 11 is 0. The van der Waals surface area contributed by atoms with Crippen LogP contribution in [0.4, 0.5) is 5.95 Å². The maximum Gasteiger partial charge on any atom is 0.275 e. The fourth-order valence-corrected chi connectivity index (χ4v) is 4.66. The highest BCUT2D eigenvalue weighted by atomic mass is 16.5. The van der Waals surface area contributed by atoms with Gasteiger partial charge in [-0.3, -0.25) is 14.2 Å². The van der Waals surface area contributed by atoms with E-state index in [0.29, 0.717) is 35.9 Å². The van der Waals surface area contributed by atoms with Crippen molar-refractivity contribution in [2.75, 3.05) is 12.4 Å². The second kappa shape index (κ2) is 7.86. The molecule has 34 heavy (non-hydrogen) atoms. The highest BCUT2D eigenvalue weighted by Gasteiger charge is 2.37. The Morgan fingerprint density at radius 1 is 1.18 bits per heavy atom. The van der Waals surface area contributed by atoms with E-state index in [0.717, 1.165) is 46.4 Å². The van der Waals surface area contributed by atoms with Crippen LogP contribution in [0.2, 0.25) is 0 Å². The predicted molar refractivity (Wildman–Crippen MR) is 130 cm³/mol. The second-order valence-electron chi connectivity index (χ2n) is 8.80. The first-order chi connectivity index (χ1) is 16.5. The number of imidazole rings is 1. The number of aromatic nitrogens is 4. The van der Waals surface area contributed by atoms with Crippen LogP contribution in [0.25, 0.3) is 16.6 Å². The Hall–Kier alpha value is -3.88. The highest BCUT2D eigenvalue weighted by molar-refractivity contribution is 6.33. The van der Waals surface area contributed by atoms with E-state index in [1.54, 1.807) is 19.6 Å². The van der Waals surface area contributed by atoms with Gasteiger partial charge in [-0.25, -0.2) is 9.97 Å². The summed E-state index contributed by atoms with van der Waals surface area (Å²) in [4.78, 5) is 29.5. The lowest BCUT2D eigenvalue weighted by Gasteiger charge is -2.25. The van der Waals surface area contributed by atoms with Crippen molar-refractivity contribution in [3.63, 3.8) is 0 Å². The summed E-state index contributed by atoms with van der Waals surface area (Å²) in [5.74, 6) is 1.20. The molecule has 1 aliphatic carbocycles. The van der Waals surface area contributed by atoms with Crippen molar-refractivity contribution in [2.45, 2.75) is 38.9 Å². The fourth-order valence-electron chi connectivity index (χ4n) is 4.66. The molecule has 8 nitrogen and oxygen atoms in total. The number of carbonyl (C=O) groups excluding carboxylic acids is 1. The third-order valence-corrected chi connectivity index (χ3v) is 6.55. The lowest BCUT2D eigenvalue weighted by atomic mass is 9.90. The summed E-state index contributed by atoms with van der Waals surface area (Å²) in [7, 11) is 7.81. The van der Waals surface area contributed by atoms with E-state index in [2.05, 4.69) is 21.4 Å². The lowest BCUT2D eigenvalue weighted by molar-refractivity contribution is 0.0724. The van der Waals surface area contributed by atoms with Gasteiger partial charge in [-0.15, -0.1) is 0 Å². The number of carbonyl (C=O) groups is 1. The number of ether oxygens (including phenoxy) is 1. The number of amides is 1. The summed E-state index contributed by atoms with van der Waals surface area (Å²) in [6.45, 7) is 2.85. The number of nitrogens with one attached hydrogen (secondary N) is 1. The minimum Gasteiger partial charge on any atom is -0.496 e. The maximum atomic E-state index is 13.6. The topological polar surface area (TPSA) is 84.7 Å². The molecule has 0 unspecified atom stereocenters. The summed E-state index contributed by atoms with van der Waals surface area (Å²) in [6, 6.07) is 9.87. The molecule has 168 valence electrons. The molecule has 6 rings (SSSR count). The van der Waals surface area contributed by atoms with Crippen LogP contribution in [0.1, 0.15) is 40.3 Å². The Labute approximate surface area is 198 Å². The van der Waals surface area contributed by atoms with Crippen LogP contribution in [0.15, 0.2) is 42.9 Å². The molecule has 0 bridgehead atoms. The Morgan fingerprint density at radius 2 is 2.03 bits per heavy atom. The number of hydrogen-bond acceptors (Lipinski definition) is 6. The molecule has 4 heterocycles. The summed E-state index contributed by atoms with van der Waals surface area (Å²) < 4.78 is 7.31. The van der Waals surface area contributed by atoms with Crippen molar-refractivity contribution in [2.24, 2.45) is 0 Å². The van der Waals surface area contributed by atoms with Gasteiger partial charge in [0.25, 0.3) is 5.91 Å². The van der Waals surface area contributed by atoms with Gasteiger partial charge in [0.15, 0.2) is 5.69 Å². The molecular weight excluding hydrogens is 427 g/mol. The van der Waals surface area contributed by atoms with Gasteiger partial charge < -0.3 is 15.0 Å². The number of fused-ring (bicyclic) bond motifs is 2. The Morgan fingerprint density at radius 3 is 2.82 bits per heavy atom. The minimum absolute atomic E-state index is 0.0636. The molecule has 1 saturated carbocycles. The molecule has 1 aromatic carbocycles. The van der Waals surface area contributed by atoms with Gasteiger partial charge in [0.1, 0.15) is 19.9 Å². The Bertz CT molecular complexity index is 1450. The van der Waals surface area contributed by atoms with Crippen LogP contribution < -0.4 is 15.5 Å². The van der Waals surface area contributed by atoms with Crippen LogP contribution >= 0.6 is 0 Å². The van der Waals surface area contributed by atoms with Crippen molar-refractivity contribution in [3.8, 4) is 16.9 Å². The maximum absolute atomic E-state index is 13.6. The van der Waals surface area contributed by atoms with E-state index in [1.165, 1.54) is 0 Å². The van der Waals surface area contributed by atoms with E-state index >= 15 is 0 Å². The number of rotatable bonds is 5. The van der Waals surface area contributed by atoms with Crippen molar-refractivity contribution >= 4 is 30.7 Å². The number of nitrogens with zero attached hydrogens (tertiary/aromatic N) is 5. The zero-order chi connectivity index (χ0) is 23.4. The first-order valence-electron chi connectivity index (χ1n) is 11.3. The summed E-state index contributed by atoms with van der Waals surface area (Å²) in [5.41, 5.74) is 6.27. The fraction of sp³-hybridized carbons (Fsp3) is 0.280. The van der Waals surface area contributed by atoms with E-state index in [9.17, 15) is 4.79 Å². The number of benzene rings is 1. The molecule has 0 saturated heterocycles. The first kappa shape index (κ1) is 20.7. The van der Waals surface area contributed by atoms with E-state index in [1.807, 2.05) is 40.5 Å². The van der Waals surface area contributed by atoms with Gasteiger partial charge in [0.2, 0.25) is 5.95 Å². The first-order valence-corrected chi connectivity index (χ1v) is 11.3. The van der Waals surface area contributed by atoms with Crippen LogP contribution in [0.5, 0.6) is 5.75 Å². The molecular formula is C25H23BN6O2. The number of aryl methyl sites for hydroxylation is 1. The standard InChI is InChI=1S/C25H23BN6O2/c1-14-6-9-16-17-10-27-25(28-11-18-19(26)4-3-5-21(18)34-2)32-13-29-22(23(17)32)24(33)31(15-7-8-15)12-20(16)30-14/h3-6,9-10,13,15H,7-8,11-12H2,1-2H3,(H,27,28). The molecule has 4 aromatic rings. The number of pyridine rings is 1. The van der Waals surface area contributed by atoms with Crippen LogP contribution in [-0.2, 0) is 13.1 Å². The molecule has 1 aliphatic heterocycles. The highest BCUT2D eigenvalue weighted by Crippen LogP contribution is 2.37. The van der Waals surface area contributed by atoms with E-state index in [4.69, 9.17) is 17.6 Å². The minimum atomic E-state index is -0.0636. The SMILES string of the molecule is [B]c1cccc(OC)c1CNc1ncc2c3c(ncn13)C(=O)N(C1CC1)Cc1nc(C)ccc1-2. The molecule has 0 spiro atoms. The summed E-state index contributed by atoms with van der Waals surface area (Å²) in [6.07, 6.45) is 5.48. The molecule has 1 N–H and O–H groups in total. The monoisotopic (exact) mass is 450 g/mol. The third-order valence-electron chi connectivity index (χ3n) is 6.55. The smallest absolute Gasteiger partial charge is 0.275 e. The van der Waals surface area contributed by atoms with E-state index in [-0.39, 0.29) is 11.9 Å². The lowest BCUT2D eigenvalue weighted by Crippen LogP contribution is -2.34. The number of anilines is 1. The van der Waals surface area contributed by atoms with Gasteiger partial charge in [-0.05, 0) is 31.9 Å². The van der Waals surface area contributed by atoms with Crippen molar-refractivity contribution < 1.29 is 9.53 Å². The van der Waals surface area contributed by atoms with Gasteiger partial charge in [0, 0.05) is 41.2 Å². The molecule has 1 fully saturated rings. The average molecular weight is 450 g/mol. The Balaban J connectivity index is 1.48. The van der Waals surface area contributed by atoms with Crippen LogP contribution in [0, 0.1) is 6.92 Å². The molecule has 2 radical (unpaired) electrons. The van der Waals surface area contributed by atoms with Crippen LogP contribution in [0.3, 0.4) is 0 Å². The van der Waals surface area contributed by atoms with Crippen molar-refractivity contribution in [1.82, 2.24) is 24.3 Å². The average Bonchev–Trinajstić information content (AvgIpc) is 3.58. The number of hydrogen-bond donors (Lipinski definition) is 1. The largest absolute Gasteiger partial charge is 0.496 e. The predicted octanol–water partition coefficient (Wildman–Crippen LogP) is 2.63. The number of methoxy groups -OCH3 is 1. The normalized spacial score (nSPS) is 15.1. The molecule has 1 amide bonds.